The molecule has 4 heterocycles. The summed E-state index contributed by atoms with van der Waals surface area (Å²) in [5.74, 6) is -7.56. The molecular formula is C42H51F2N7O8. The molecule has 0 bridgehead atoms. The second kappa shape index (κ2) is 16.3. The number of rotatable bonds is 6. The molecule has 1 spiro atoms. The number of hydrogen-bond acceptors (Lipinski definition) is 8. The van der Waals surface area contributed by atoms with E-state index in [2.05, 4.69) is 21.3 Å². The number of nitrogens with zero attached hydrogens (tertiary/aromatic N) is 3. The Morgan fingerprint density at radius 1 is 0.915 bits per heavy atom. The lowest BCUT2D eigenvalue weighted by Gasteiger charge is -2.39. The topological polar surface area (TPSA) is 198 Å². The molecular weight excluding hydrogens is 768 g/mol. The number of ketones is 1. The minimum absolute atomic E-state index is 0.0202. The van der Waals surface area contributed by atoms with Crippen LogP contribution in [0.3, 0.4) is 0 Å². The largest absolute Gasteiger partial charge is 0.391 e. The zero-order valence-corrected chi connectivity index (χ0v) is 33.5. The number of carbonyl (C=O) groups is 7. The Labute approximate surface area is 340 Å². The van der Waals surface area contributed by atoms with Gasteiger partial charge in [0.1, 0.15) is 47.4 Å². The lowest BCUT2D eigenvalue weighted by Crippen LogP contribution is -2.61. The molecule has 7 amide bonds. The lowest BCUT2D eigenvalue weighted by molar-refractivity contribution is -0.151. The van der Waals surface area contributed by atoms with Crippen LogP contribution in [0, 0.1) is 36.3 Å². The number of aryl methyl sites for hydroxylation is 1. The molecule has 0 radical (unpaired) electrons. The van der Waals surface area contributed by atoms with Crippen molar-refractivity contribution in [2.45, 2.75) is 108 Å². The van der Waals surface area contributed by atoms with Crippen LogP contribution < -0.4 is 21.3 Å². The Balaban J connectivity index is 1.26. The summed E-state index contributed by atoms with van der Waals surface area (Å²) >= 11 is 0. The second-order valence-electron chi connectivity index (χ2n) is 17.0. The predicted molar refractivity (Wildman–Crippen MR) is 208 cm³/mol. The van der Waals surface area contributed by atoms with Gasteiger partial charge in [0.05, 0.1) is 12.0 Å². The van der Waals surface area contributed by atoms with E-state index < -0.39 is 107 Å². The van der Waals surface area contributed by atoms with E-state index in [1.54, 1.807) is 31.2 Å². The molecule has 2 aromatic carbocycles. The number of Topliss-reactive ketones (excluding diaryl/α,β-unsaturated/α-hetero) is 1. The first kappa shape index (κ1) is 41.7. The van der Waals surface area contributed by atoms with Crippen LogP contribution in [0.25, 0.3) is 0 Å². The van der Waals surface area contributed by atoms with E-state index >= 15 is 0 Å². The lowest BCUT2D eigenvalue weighted by atomic mass is 9.90. The molecule has 15 nitrogen and oxygen atoms in total. The number of hydrogen-bond donors (Lipinski definition) is 5. The smallest absolute Gasteiger partial charge is 0.319 e. The van der Waals surface area contributed by atoms with Gasteiger partial charge in [-0.3, -0.25) is 28.8 Å². The van der Waals surface area contributed by atoms with Gasteiger partial charge in [0.2, 0.25) is 29.5 Å². The summed E-state index contributed by atoms with van der Waals surface area (Å²) in [5.41, 5.74) is 0.00766. The highest BCUT2D eigenvalue weighted by molar-refractivity contribution is 6.12. The van der Waals surface area contributed by atoms with Gasteiger partial charge in [-0.05, 0) is 81.2 Å². The summed E-state index contributed by atoms with van der Waals surface area (Å²) in [6.07, 6.45) is 0.112. The Hall–Kier alpha value is -5.45. The van der Waals surface area contributed by atoms with Gasteiger partial charge < -0.3 is 41.1 Å². The molecule has 4 saturated heterocycles. The third kappa shape index (κ3) is 8.13. The Kier molecular flexibility index (Phi) is 11.5. The number of fused-ring (bicyclic) bond motifs is 2. The molecule has 1 saturated carbocycles. The summed E-state index contributed by atoms with van der Waals surface area (Å²) in [7, 11) is 0. The first-order valence-corrected chi connectivity index (χ1v) is 20.3. The highest BCUT2D eigenvalue weighted by Gasteiger charge is 2.74. The number of urea groups is 1. The fourth-order valence-corrected chi connectivity index (χ4v) is 9.76. The van der Waals surface area contributed by atoms with E-state index in [0.717, 1.165) is 17.7 Å². The Morgan fingerprint density at radius 3 is 2.31 bits per heavy atom. The van der Waals surface area contributed by atoms with Crippen LogP contribution in [-0.4, -0.2) is 123 Å². The number of halogens is 2. The molecule has 2 aromatic rings. The number of carbonyl (C=O) groups excluding carboxylic acids is 7. The van der Waals surface area contributed by atoms with Crippen molar-refractivity contribution in [3.05, 3.63) is 65.2 Å². The van der Waals surface area contributed by atoms with Crippen LogP contribution in [-0.2, 0) is 35.2 Å². The maximum Gasteiger partial charge on any atom is 0.319 e. The quantitative estimate of drug-likeness (QED) is 0.291. The fraction of sp³-hybridized carbons (Fsp3) is 0.548. The number of amides is 7. The SMILES string of the molecule is Cc1ccc(NC(=O)N[C@@H](Cc2cc(F)cc(F)c2)C(=O)N[C@@H]2C(=O)N3C[C@H](O)C[C@H]3C(=O)N3CCCC[C@H]3C(=O)N[C@@H](C)C(=O)N3C[C@H](C)C[C@]34C(=O)C4[C@H]2C)cc1. The standard InChI is InChI=1S/C42H51F2N7O8/c1-21-8-10-28(11-9-21)46-41(59)47-30(15-25-13-26(43)16-27(44)14-25)36(54)48-34-23(3)33-35(53)42(33)18-22(2)19-51(42)38(56)24(4)45-37(55)31-7-5-6-12-49(31)39(57)32-17-29(52)20-50(32)40(34)58/h8-11,13-14,16,22-24,29-34,52H,5-7,12,15,17-20H2,1-4H3,(H,45,55)(H,48,54)(H2,46,47,59)/t22-,23-,24+,29-,30+,31+,32+,33?,34+,42+/m1/s1. The maximum absolute atomic E-state index is 15.0. The minimum atomic E-state index is -1.54. The fourth-order valence-electron chi connectivity index (χ4n) is 9.76. The van der Waals surface area contributed by atoms with Crippen molar-refractivity contribution in [1.82, 2.24) is 30.7 Å². The van der Waals surface area contributed by atoms with E-state index in [4.69, 9.17) is 0 Å². The first-order valence-electron chi connectivity index (χ1n) is 20.3. The molecule has 17 heteroatoms. The normalized spacial score (nSPS) is 31.5. The summed E-state index contributed by atoms with van der Waals surface area (Å²) in [4.78, 5) is 103. The van der Waals surface area contributed by atoms with Crippen molar-refractivity contribution in [1.29, 1.82) is 0 Å². The van der Waals surface area contributed by atoms with E-state index in [0.29, 0.717) is 31.0 Å². The first-order chi connectivity index (χ1) is 28.0. The monoisotopic (exact) mass is 819 g/mol. The van der Waals surface area contributed by atoms with Gasteiger partial charge in [-0.2, -0.15) is 0 Å². The molecule has 316 valence electrons. The van der Waals surface area contributed by atoms with Crippen molar-refractivity contribution < 1.29 is 47.4 Å². The van der Waals surface area contributed by atoms with Gasteiger partial charge >= 0.3 is 6.03 Å². The number of piperidine rings is 1. The number of anilines is 1. The molecule has 1 unspecified atom stereocenters. The Bertz CT molecular complexity index is 2030. The van der Waals surface area contributed by atoms with Gasteiger partial charge in [0.25, 0.3) is 0 Å². The second-order valence-corrected chi connectivity index (χ2v) is 17.0. The van der Waals surface area contributed by atoms with Crippen LogP contribution in [0.2, 0.25) is 0 Å². The third-order valence-corrected chi connectivity index (χ3v) is 12.6. The van der Waals surface area contributed by atoms with Gasteiger partial charge in [0, 0.05) is 44.2 Å². The van der Waals surface area contributed by atoms with Crippen LogP contribution >= 0.6 is 0 Å². The average Bonchev–Trinajstić information content (AvgIpc) is 3.40. The summed E-state index contributed by atoms with van der Waals surface area (Å²) < 4.78 is 28.8. The average molecular weight is 820 g/mol. The highest BCUT2D eigenvalue weighted by atomic mass is 19.1. The molecule has 4 aliphatic heterocycles. The molecule has 5 aliphatic rings. The number of aliphatic hydroxyl groups excluding tert-OH is 1. The van der Waals surface area contributed by atoms with E-state index in [1.807, 2.05) is 13.8 Å². The zero-order chi connectivity index (χ0) is 42.5. The van der Waals surface area contributed by atoms with Crippen LogP contribution in [0.4, 0.5) is 19.3 Å². The zero-order valence-electron chi connectivity index (χ0n) is 33.5. The van der Waals surface area contributed by atoms with Crippen LogP contribution in [0.1, 0.15) is 64.0 Å². The van der Waals surface area contributed by atoms with Crippen molar-refractivity contribution in [2.75, 3.05) is 25.0 Å². The molecule has 10 atom stereocenters. The molecule has 5 fully saturated rings. The molecule has 59 heavy (non-hydrogen) atoms. The minimum Gasteiger partial charge on any atom is -0.391 e. The third-order valence-electron chi connectivity index (χ3n) is 12.6. The van der Waals surface area contributed by atoms with E-state index in [9.17, 15) is 47.4 Å². The molecule has 5 N–H and O–H groups in total. The van der Waals surface area contributed by atoms with E-state index in [-0.39, 0.29) is 49.7 Å². The predicted octanol–water partition coefficient (Wildman–Crippen LogP) is 1.79. The van der Waals surface area contributed by atoms with Crippen molar-refractivity contribution in [3.8, 4) is 0 Å². The highest BCUT2D eigenvalue weighted by Crippen LogP contribution is 2.57. The maximum atomic E-state index is 15.0. The van der Waals surface area contributed by atoms with Crippen LogP contribution in [0.15, 0.2) is 42.5 Å². The van der Waals surface area contributed by atoms with Crippen molar-refractivity contribution in [3.63, 3.8) is 0 Å². The van der Waals surface area contributed by atoms with Gasteiger partial charge in [-0.1, -0.05) is 31.5 Å². The number of aliphatic hydroxyl groups is 1. The van der Waals surface area contributed by atoms with Gasteiger partial charge in [0.15, 0.2) is 5.78 Å². The van der Waals surface area contributed by atoms with Crippen molar-refractivity contribution >= 4 is 47.0 Å². The Morgan fingerprint density at radius 2 is 1.61 bits per heavy atom. The summed E-state index contributed by atoms with van der Waals surface area (Å²) in [6, 6.07) is 2.36. The van der Waals surface area contributed by atoms with Crippen LogP contribution in [0.5, 0.6) is 0 Å². The van der Waals surface area contributed by atoms with Gasteiger partial charge in [-0.15, -0.1) is 0 Å². The molecule has 1 aliphatic carbocycles. The summed E-state index contributed by atoms with van der Waals surface area (Å²) in [6.45, 7) is 7.00. The van der Waals surface area contributed by atoms with Crippen molar-refractivity contribution in [2.24, 2.45) is 17.8 Å². The molecule has 7 rings (SSSR count). The molecule has 0 aromatic heterocycles. The van der Waals surface area contributed by atoms with Gasteiger partial charge in [-0.25, -0.2) is 13.6 Å². The van der Waals surface area contributed by atoms with E-state index in [1.165, 1.54) is 21.6 Å². The summed E-state index contributed by atoms with van der Waals surface area (Å²) in [5, 5.41) is 21.7. The number of benzene rings is 2. The number of nitrogens with one attached hydrogen (secondary N) is 4.